The zero-order chi connectivity index (χ0) is 21.5. The molecule has 0 unspecified atom stereocenters. The van der Waals surface area contributed by atoms with Crippen molar-refractivity contribution >= 4 is 11.9 Å². The number of nitrogens with one attached hydrogen (secondary N) is 2. The number of hydrogen-bond donors (Lipinski definition) is 2. The van der Waals surface area contributed by atoms with E-state index in [-0.39, 0.29) is 17.9 Å². The van der Waals surface area contributed by atoms with E-state index in [1.165, 1.54) is 0 Å². The lowest BCUT2D eigenvalue weighted by atomic mass is 10.0. The monoisotopic (exact) mass is 411 g/mol. The van der Waals surface area contributed by atoms with Crippen LogP contribution >= 0.6 is 0 Å². The highest BCUT2D eigenvalue weighted by molar-refractivity contribution is 5.87. The van der Waals surface area contributed by atoms with Gasteiger partial charge < -0.3 is 25.0 Å². The Morgan fingerprint density at radius 1 is 1.00 bits per heavy atom. The Hall–Kier alpha value is -3.22. The maximum atomic E-state index is 13.0. The number of carbonyl (C=O) groups is 2. The fourth-order valence-electron chi connectivity index (χ4n) is 3.26. The van der Waals surface area contributed by atoms with Crippen molar-refractivity contribution in [3.05, 3.63) is 59.7 Å². The molecule has 0 fully saturated rings. The average Bonchev–Trinajstić information content (AvgIpc) is 2.76. The standard InChI is InChI=1S/C23H29N3O4/c1-16(2)21(25-23(28)24-14-17-7-5-4-6-8-17)22(27)26(3)15-18-9-10-19-20(13-18)30-12-11-29-19/h4-10,13,16,21H,11-12,14-15H2,1-3H3,(H2,24,25,28)/t21-/m1/s1. The number of ether oxygens (including phenoxy) is 2. The number of fused-ring (bicyclic) bond motifs is 1. The summed E-state index contributed by atoms with van der Waals surface area (Å²) in [5, 5.41) is 5.63. The Bertz CT molecular complexity index is 870. The summed E-state index contributed by atoms with van der Waals surface area (Å²) in [6, 6.07) is 14.3. The minimum atomic E-state index is -0.622. The lowest BCUT2D eigenvalue weighted by molar-refractivity contribution is -0.133. The van der Waals surface area contributed by atoms with Crippen molar-refractivity contribution in [1.82, 2.24) is 15.5 Å². The summed E-state index contributed by atoms with van der Waals surface area (Å²) in [5.41, 5.74) is 1.93. The molecule has 0 saturated heterocycles. The highest BCUT2D eigenvalue weighted by Crippen LogP contribution is 2.31. The Morgan fingerprint density at radius 2 is 1.70 bits per heavy atom. The van der Waals surface area contributed by atoms with Crippen LogP contribution in [0.3, 0.4) is 0 Å². The summed E-state index contributed by atoms with van der Waals surface area (Å²) in [7, 11) is 1.73. The number of hydrogen-bond acceptors (Lipinski definition) is 4. The van der Waals surface area contributed by atoms with Crippen molar-refractivity contribution in [2.24, 2.45) is 5.92 Å². The van der Waals surface area contributed by atoms with Gasteiger partial charge in [0.05, 0.1) is 0 Å². The molecular formula is C23H29N3O4. The molecule has 0 spiro atoms. The molecular weight excluding hydrogens is 382 g/mol. The van der Waals surface area contributed by atoms with Gasteiger partial charge in [0, 0.05) is 20.1 Å². The molecule has 0 aliphatic carbocycles. The van der Waals surface area contributed by atoms with Crippen molar-refractivity contribution in [3.63, 3.8) is 0 Å². The van der Waals surface area contributed by atoms with Crippen molar-refractivity contribution in [2.75, 3.05) is 20.3 Å². The zero-order valence-electron chi connectivity index (χ0n) is 17.7. The molecule has 2 N–H and O–H groups in total. The molecule has 0 saturated carbocycles. The second kappa shape index (κ2) is 10.0. The average molecular weight is 412 g/mol. The first-order valence-corrected chi connectivity index (χ1v) is 10.2. The van der Waals surface area contributed by atoms with Gasteiger partial charge in [-0.25, -0.2) is 4.79 Å². The third-order valence-corrected chi connectivity index (χ3v) is 4.92. The van der Waals surface area contributed by atoms with E-state index in [1.54, 1.807) is 11.9 Å². The van der Waals surface area contributed by atoms with Crippen LogP contribution in [0.1, 0.15) is 25.0 Å². The minimum absolute atomic E-state index is 0.0531. The lowest BCUT2D eigenvalue weighted by Crippen LogP contribution is -2.52. The van der Waals surface area contributed by atoms with Crippen LogP contribution in [0.5, 0.6) is 11.5 Å². The van der Waals surface area contributed by atoms with E-state index < -0.39 is 6.04 Å². The third-order valence-electron chi connectivity index (χ3n) is 4.92. The Kier molecular flexibility index (Phi) is 7.17. The number of rotatable bonds is 7. The fraction of sp³-hybridized carbons (Fsp3) is 0.391. The normalized spacial score (nSPS) is 13.5. The van der Waals surface area contributed by atoms with Crippen LogP contribution in [0, 0.1) is 5.92 Å². The van der Waals surface area contributed by atoms with Crippen LogP contribution in [0.25, 0.3) is 0 Å². The topological polar surface area (TPSA) is 79.9 Å². The van der Waals surface area contributed by atoms with E-state index >= 15 is 0 Å². The summed E-state index contributed by atoms with van der Waals surface area (Å²) in [5.74, 6) is 1.21. The molecule has 1 atom stereocenters. The molecule has 1 aliphatic rings. The maximum absolute atomic E-state index is 13.0. The fourth-order valence-corrected chi connectivity index (χ4v) is 3.26. The predicted molar refractivity (Wildman–Crippen MR) is 114 cm³/mol. The highest BCUT2D eigenvalue weighted by Gasteiger charge is 2.27. The van der Waals surface area contributed by atoms with Crippen molar-refractivity contribution in [1.29, 1.82) is 0 Å². The maximum Gasteiger partial charge on any atom is 0.315 e. The number of carbonyl (C=O) groups excluding carboxylic acids is 2. The summed E-state index contributed by atoms with van der Waals surface area (Å²) >= 11 is 0. The molecule has 30 heavy (non-hydrogen) atoms. The molecule has 1 heterocycles. The highest BCUT2D eigenvalue weighted by atomic mass is 16.6. The first-order valence-electron chi connectivity index (χ1n) is 10.2. The van der Waals surface area contributed by atoms with Gasteiger partial charge in [0.1, 0.15) is 19.3 Å². The van der Waals surface area contributed by atoms with Crippen LogP contribution in [0.4, 0.5) is 4.79 Å². The molecule has 2 aromatic rings. The van der Waals surface area contributed by atoms with Crippen molar-refractivity contribution in [3.8, 4) is 11.5 Å². The Balaban J connectivity index is 1.57. The van der Waals surface area contributed by atoms with Crippen molar-refractivity contribution in [2.45, 2.75) is 33.0 Å². The molecule has 0 bridgehead atoms. The summed E-state index contributed by atoms with van der Waals surface area (Å²) < 4.78 is 11.2. The van der Waals surface area contributed by atoms with E-state index in [4.69, 9.17) is 9.47 Å². The van der Waals surface area contributed by atoms with Gasteiger partial charge in [-0.2, -0.15) is 0 Å². The first kappa shape index (κ1) is 21.5. The van der Waals surface area contributed by atoms with Gasteiger partial charge in [-0.15, -0.1) is 0 Å². The summed E-state index contributed by atoms with van der Waals surface area (Å²) in [4.78, 5) is 27.0. The van der Waals surface area contributed by atoms with Crippen LogP contribution in [-0.4, -0.2) is 43.1 Å². The number of likely N-dealkylation sites (N-methyl/N-ethyl adjacent to an activating group) is 1. The molecule has 0 aromatic heterocycles. The molecule has 7 heteroatoms. The predicted octanol–water partition coefficient (Wildman–Crippen LogP) is 2.94. The molecule has 160 valence electrons. The number of urea groups is 1. The second-order valence-corrected chi connectivity index (χ2v) is 7.71. The van der Waals surface area contributed by atoms with Gasteiger partial charge in [0.15, 0.2) is 11.5 Å². The first-order chi connectivity index (χ1) is 14.4. The van der Waals surface area contributed by atoms with E-state index in [0.717, 1.165) is 16.9 Å². The third kappa shape index (κ3) is 5.65. The second-order valence-electron chi connectivity index (χ2n) is 7.71. The minimum Gasteiger partial charge on any atom is -0.486 e. The van der Waals surface area contributed by atoms with E-state index in [0.29, 0.717) is 32.1 Å². The van der Waals surface area contributed by atoms with E-state index in [1.807, 2.05) is 62.4 Å². The zero-order valence-corrected chi connectivity index (χ0v) is 17.7. The molecule has 3 amide bonds. The van der Waals surface area contributed by atoms with Crippen molar-refractivity contribution < 1.29 is 19.1 Å². The van der Waals surface area contributed by atoms with Crippen LogP contribution in [0.2, 0.25) is 0 Å². The summed E-state index contributed by atoms with van der Waals surface area (Å²) in [6.45, 7) is 5.70. The van der Waals surface area contributed by atoms with Crippen LogP contribution < -0.4 is 20.1 Å². The SMILES string of the molecule is CC(C)[C@@H](NC(=O)NCc1ccccc1)C(=O)N(C)Cc1ccc2c(c1)OCCO2. The number of nitrogens with zero attached hydrogens (tertiary/aromatic N) is 1. The van der Waals surface area contributed by atoms with E-state index in [2.05, 4.69) is 10.6 Å². The quantitative estimate of drug-likeness (QED) is 0.734. The van der Waals surface area contributed by atoms with Gasteiger partial charge >= 0.3 is 6.03 Å². The molecule has 1 aliphatic heterocycles. The molecule has 2 aromatic carbocycles. The van der Waals surface area contributed by atoms with Crippen LogP contribution in [-0.2, 0) is 17.9 Å². The van der Waals surface area contributed by atoms with Gasteiger partial charge in [-0.1, -0.05) is 50.2 Å². The van der Waals surface area contributed by atoms with E-state index in [9.17, 15) is 9.59 Å². The molecule has 0 radical (unpaired) electrons. The van der Waals surface area contributed by atoms with Gasteiger partial charge in [0.2, 0.25) is 5.91 Å². The summed E-state index contributed by atoms with van der Waals surface area (Å²) in [6.07, 6.45) is 0. The van der Waals surface area contributed by atoms with Gasteiger partial charge in [-0.3, -0.25) is 4.79 Å². The largest absolute Gasteiger partial charge is 0.486 e. The molecule has 3 rings (SSSR count). The smallest absolute Gasteiger partial charge is 0.315 e. The Morgan fingerprint density at radius 3 is 2.40 bits per heavy atom. The Labute approximate surface area is 177 Å². The lowest BCUT2D eigenvalue weighted by Gasteiger charge is -2.27. The molecule has 7 nitrogen and oxygen atoms in total. The van der Waals surface area contributed by atoms with Gasteiger partial charge in [0.25, 0.3) is 0 Å². The number of amides is 3. The number of benzene rings is 2. The van der Waals surface area contributed by atoms with Crippen LogP contribution in [0.15, 0.2) is 48.5 Å². The van der Waals surface area contributed by atoms with Gasteiger partial charge in [-0.05, 0) is 29.2 Å².